The Morgan fingerprint density at radius 1 is 1.30 bits per heavy atom. The highest BCUT2D eigenvalue weighted by atomic mass is 32.2. The first-order valence-corrected chi connectivity index (χ1v) is 11.7. The van der Waals surface area contributed by atoms with Gasteiger partial charge in [0.1, 0.15) is 4.90 Å². The zero-order chi connectivity index (χ0) is 20.0. The fourth-order valence-electron chi connectivity index (χ4n) is 3.37. The van der Waals surface area contributed by atoms with E-state index in [9.17, 15) is 21.6 Å². The highest BCUT2D eigenvalue weighted by Crippen LogP contribution is 2.29. The number of Topliss-reactive ketones (excluding diaryl/α,β-unsaturated/α-hetero) is 1. The maximum absolute atomic E-state index is 12.9. The molecule has 1 N–H and O–H groups in total. The molecule has 0 aliphatic carbocycles. The number of ketones is 1. The molecule has 1 aromatic heterocycles. The summed E-state index contributed by atoms with van der Waals surface area (Å²) in [4.78, 5) is 11.5. The summed E-state index contributed by atoms with van der Waals surface area (Å²) in [5.41, 5.74) is 1.37. The smallest absolute Gasteiger partial charge is 0.265 e. The molecule has 10 heteroatoms. The van der Waals surface area contributed by atoms with Crippen molar-refractivity contribution in [2.75, 3.05) is 16.2 Å². The minimum absolute atomic E-state index is 0.0278. The van der Waals surface area contributed by atoms with E-state index in [2.05, 4.69) is 9.82 Å². The lowest BCUT2D eigenvalue weighted by Crippen LogP contribution is -2.17. The summed E-state index contributed by atoms with van der Waals surface area (Å²) in [6.45, 7) is 4.60. The van der Waals surface area contributed by atoms with E-state index in [1.54, 1.807) is 32.0 Å². The Morgan fingerprint density at radius 3 is 2.59 bits per heavy atom. The van der Waals surface area contributed by atoms with Gasteiger partial charge < -0.3 is 0 Å². The molecule has 1 saturated heterocycles. The molecule has 146 valence electrons. The molecule has 2 aromatic rings. The lowest BCUT2D eigenvalue weighted by atomic mass is 10.1. The Bertz CT molecular complexity index is 1120. The van der Waals surface area contributed by atoms with Crippen LogP contribution in [-0.4, -0.2) is 43.9 Å². The van der Waals surface area contributed by atoms with E-state index < -0.39 is 19.9 Å². The van der Waals surface area contributed by atoms with Gasteiger partial charge in [-0.1, -0.05) is 12.1 Å². The van der Waals surface area contributed by atoms with Crippen molar-refractivity contribution >= 4 is 31.3 Å². The van der Waals surface area contributed by atoms with Crippen LogP contribution in [0.25, 0.3) is 0 Å². The van der Waals surface area contributed by atoms with Crippen molar-refractivity contribution in [1.29, 1.82) is 0 Å². The van der Waals surface area contributed by atoms with Gasteiger partial charge in [0.05, 0.1) is 28.9 Å². The molecule has 1 aromatic carbocycles. The van der Waals surface area contributed by atoms with Gasteiger partial charge in [0.2, 0.25) is 0 Å². The molecule has 27 heavy (non-hydrogen) atoms. The first kappa shape index (κ1) is 19.6. The zero-order valence-corrected chi connectivity index (χ0v) is 16.9. The van der Waals surface area contributed by atoms with Gasteiger partial charge in [0.25, 0.3) is 10.0 Å². The molecule has 8 nitrogen and oxygen atoms in total. The first-order valence-electron chi connectivity index (χ1n) is 8.40. The Morgan fingerprint density at radius 2 is 2.00 bits per heavy atom. The van der Waals surface area contributed by atoms with E-state index in [-0.39, 0.29) is 33.9 Å². The second-order valence-corrected chi connectivity index (χ2v) is 10.6. The lowest BCUT2D eigenvalue weighted by molar-refractivity contribution is 0.101. The van der Waals surface area contributed by atoms with Crippen molar-refractivity contribution in [2.24, 2.45) is 0 Å². The number of nitrogens with one attached hydrogen (secondary N) is 1. The third-order valence-electron chi connectivity index (χ3n) is 4.60. The van der Waals surface area contributed by atoms with Crippen molar-refractivity contribution in [3.63, 3.8) is 0 Å². The number of carbonyl (C=O) groups is 1. The summed E-state index contributed by atoms with van der Waals surface area (Å²) >= 11 is 0. The number of hydrogen-bond donors (Lipinski definition) is 1. The lowest BCUT2D eigenvalue weighted by Gasteiger charge is -2.12. The minimum atomic E-state index is -3.95. The van der Waals surface area contributed by atoms with Crippen LogP contribution in [0.1, 0.15) is 41.1 Å². The first-order chi connectivity index (χ1) is 12.5. The number of nitrogens with zero attached hydrogens (tertiary/aromatic N) is 2. The maximum Gasteiger partial charge on any atom is 0.265 e. The average molecular weight is 412 g/mol. The highest BCUT2D eigenvalue weighted by molar-refractivity contribution is 7.92. The fourth-order valence-corrected chi connectivity index (χ4v) is 6.51. The largest absolute Gasteiger partial charge is 0.295 e. The minimum Gasteiger partial charge on any atom is -0.295 e. The summed E-state index contributed by atoms with van der Waals surface area (Å²) in [7, 11) is -7.07. The molecule has 0 radical (unpaired) electrons. The Kier molecular flexibility index (Phi) is 4.89. The van der Waals surface area contributed by atoms with Crippen LogP contribution in [0.3, 0.4) is 0 Å². The molecule has 2 heterocycles. The Balaban J connectivity index is 1.96. The standard InChI is InChI=1S/C17H21N3O5S2/c1-11-17(12(2)20(18-11)16-7-8-26(22,23)10-16)27(24,25)19-15-6-4-5-14(9-15)13(3)21/h4-6,9,16,19H,7-8,10H2,1-3H3/t16-/m0/s1. The van der Waals surface area contributed by atoms with Crippen LogP contribution >= 0.6 is 0 Å². The van der Waals surface area contributed by atoms with Crippen LogP contribution in [0.4, 0.5) is 5.69 Å². The van der Waals surface area contributed by atoms with Gasteiger partial charge in [-0.2, -0.15) is 5.10 Å². The molecule has 3 rings (SSSR count). The summed E-state index contributed by atoms with van der Waals surface area (Å²) < 4.78 is 53.3. The van der Waals surface area contributed by atoms with E-state index in [4.69, 9.17) is 0 Å². The number of benzene rings is 1. The van der Waals surface area contributed by atoms with Gasteiger partial charge in [-0.05, 0) is 39.3 Å². The van der Waals surface area contributed by atoms with Crippen molar-refractivity contribution in [2.45, 2.75) is 38.1 Å². The molecule has 0 bridgehead atoms. The maximum atomic E-state index is 12.9. The van der Waals surface area contributed by atoms with Crippen LogP contribution in [0.2, 0.25) is 0 Å². The summed E-state index contributed by atoms with van der Waals surface area (Å²) in [6.07, 6.45) is 0.415. The van der Waals surface area contributed by atoms with Crippen molar-refractivity contribution < 1.29 is 21.6 Å². The number of anilines is 1. The number of sulfone groups is 1. The monoisotopic (exact) mass is 411 g/mol. The average Bonchev–Trinajstić information content (AvgIpc) is 3.06. The molecular formula is C17H21N3O5S2. The number of aryl methyl sites for hydroxylation is 1. The second-order valence-electron chi connectivity index (χ2n) is 6.74. The topological polar surface area (TPSA) is 115 Å². The summed E-state index contributed by atoms with van der Waals surface area (Å²) in [5, 5.41) is 4.29. The second kappa shape index (κ2) is 6.75. The molecular weight excluding hydrogens is 390 g/mol. The molecule has 1 atom stereocenters. The van der Waals surface area contributed by atoms with Crippen molar-refractivity contribution in [3.8, 4) is 0 Å². The number of aromatic nitrogens is 2. The summed E-state index contributed by atoms with van der Waals surface area (Å²) in [5.74, 6) is -0.129. The molecule has 1 aliphatic rings. The quantitative estimate of drug-likeness (QED) is 0.751. The van der Waals surface area contributed by atoms with Gasteiger partial charge in [-0.15, -0.1) is 0 Å². The molecule has 0 unspecified atom stereocenters. The van der Waals surface area contributed by atoms with Crippen LogP contribution in [0, 0.1) is 13.8 Å². The van der Waals surface area contributed by atoms with Crippen LogP contribution in [-0.2, 0) is 19.9 Å². The van der Waals surface area contributed by atoms with Gasteiger partial charge in [0, 0.05) is 11.3 Å². The normalized spacial score (nSPS) is 19.1. The van der Waals surface area contributed by atoms with Gasteiger partial charge in [-0.3, -0.25) is 14.2 Å². The molecule has 1 fully saturated rings. The summed E-state index contributed by atoms with van der Waals surface area (Å²) in [6, 6.07) is 5.87. The number of sulfonamides is 1. The Labute approximate surface area is 158 Å². The van der Waals surface area contributed by atoms with Gasteiger partial charge in [-0.25, -0.2) is 16.8 Å². The third-order valence-corrected chi connectivity index (χ3v) is 7.99. The zero-order valence-electron chi connectivity index (χ0n) is 15.3. The molecule has 1 aliphatic heterocycles. The van der Waals surface area contributed by atoms with Crippen LogP contribution in [0.15, 0.2) is 29.2 Å². The van der Waals surface area contributed by atoms with E-state index in [1.165, 1.54) is 17.7 Å². The van der Waals surface area contributed by atoms with Crippen LogP contribution in [0.5, 0.6) is 0 Å². The Hall–Kier alpha value is -2.20. The third kappa shape index (κ3) is 3.91. The number of hydrogen-bond acceptors (Lipinski definition) is 6. The number of carbonyl (C=O) groups excluding carboxylic acids is 1. The molecule has 0 spiro atoms. The predicted octanol–water partition coefficient (Wildman–Crippen LogP) is 1.86. The van der Waals surface area contributed by atoms with E-state index >= 15 is 0 Å². The van der Waals surface area contributed by atoms with E-state index in [0.29, 0.717) is 23.4 Å². The predicted molar refractivity (Wildman–Crippen MR) is 101 cm³/mol. The van der Waals surface area contributed by atoms with Gasteiger partial charge in [0.15, 0.2) is 15.6 Å². The van der Waals surface area contributed by atoms with Crippen molar-refractivity contribution in [3.05, 3.63) is 41.2 Å². The van der Waals surface area contributed by atoms with Gasteiger partial charge >= 0.3 is 0 Å². The molecule has 0 saturated carbocycles. The van der Waals surface area contributed by atoms with E-state index in [1.807, 2.05) is 0 Å². The van der Waals surface area contributed by atoms with Crippen LogP contribution < -0.4 is 4.72 Å². The SMILES string of the molecule is CC(=O)c1cccc(NS(=O)(=O)c2c(C)nn([C@H]3CCS(=O)(=O)C3)c2C)c1. The fraction of sp³-hybridized carbons (Fsp3) is 0.412. The molecule has 0 amide bonds. The van der Waals surface area contributed by atoms with Crippen molar-refractivity contribution in [1.82, 2.24) is 9.78 Å². The number of rotatable bonds is 5. The highest BCUT2D eigenvalue weighted by Gasteiger charge is 2.33. The van der Waals surface area contributed by atoms with E-state index in [0.717, 1.165) is 0 Å².